The Morgan fingerprint density at radius 3 is 3.06 bits per heavy atom. The summed E-state index contributed by atoms with van der Waals surface area (Å²) >= 11 is 0. The molecule has 1 atom stereocenters. The molecule has 2 rings (SSSR count). The Bertz CT molecular complexity index is 392. The molecule has 1 fully saturated rings. The van der Waals surface area contributed by atoms with Gasteiger partial charge in [-0.15, -0.1) is 10.2 Å². The number of aromatic nitrogens is 4. The molecule has 0 bridgehead atoms. The van der Waals surface area contributed by atoms with Gasteiger partial charge in [-0.05, 0) is 30.5 Å². The van der Waals surface area contributed by atoms with Crippen molar-refractivity contribution in [2.75, 3.05) is 13.1 Å². The minimum atomic E-state index is -0.713. The van der Waals surface area contributed by atoms with Crippen LogP contribution in [0.15, 0.2) is 0 Å². The third-order valence-electron chi connectivity index (χ3n) is 2.98. The van der Waals surface area contributed by atoms with E-state index < -0.39 is 5.97 Å². The maximum Gasteiger partial charge on any atom is 0.303 e. The Balaban J connectivity index is 1.87. The average Bonchev–Trinajstić information content (AvgIpc) is 2.63. The van der Waals surface area contributed by atoms with Crippen molar-refractivity contribution in [1.29, 1.82) is 0 Å². The van der Waals surface area contributed by atoms with Gasteiger partial charge in [-0.1, -0.05) is 0 Å². The van der Waals surface area contributed by atoms with E-state index in [2.05, 4.69) is 20.3 Å². The van der Waals surface area contributed by atoms with Crippen molar-refractivity contribution in [3.05, 3.63) is 5.82 Å². The summed E-state index contributed by atoms with van der Waals surface area (Å²) in [7, 11) is 1.74. The van der Waals surface area contributed by atoms with Crippen molar-refractivity contribution in [3.8, 4) is 0 Å². The SMILES string of the molecule is Cn1nnc(CN2CCCC(CC(=O)O)C2)n1. The van der Waals surface area contributed by atoms with Gasteiger partial charge < -0.3 is 5.11 Å². The molecule has 0 aromatic carbocycles. The van der Waals surface area contributed by atoms with Crippen molar-refractivity contribution in [1.82, 2.24) is 25.1 Å². The van der Waals surface area contributed by atoms with E-state index in [1.807, 2.05) is 0 Å². The lowest BCUT2D eigenvalue weighted by atomic mass is 9.95. The van der Waals surface area contributed by atoms with E-state index in [1.165, 1.54) is 4.80 Å². The number of hydrogen-bond acceptors (Lipinski definition) is 5. The normalized spacial score (nSPS) is 21.6. The number of rotatable bonds is 4. The van der Waals surface area contributed by atoms with Gasteiger partial charge in [-0.25, -0.2) is 0 Å². The Hall–Kier alpha value is -1.50. The summed E-state index contributed by atoms with van der Waals surface area (Å²) in [6.45, 7) is 2.45. The summed E-state index contributed by atoms with van der Waals surface area (Å²) in [5.74, 6) is 0.232. The standard InChI is InChI=1S/C10H17N5O2/c1-14-12-9(11-13-14)7-15-4-2-3-8(6-15)5-10(16)17/h8H,2-7H2,1H3,(H,16,17). The van der Waals surface area contributed by atoms with Gasteiger partial charge >= 0.3 is 5.97 Å². The molecule has 0 radical (unpaired) electrons. The average molecular weight is 239 g/mol. The van der Waals surface area contributed by atoms with Crippen molar-refractivity contribution < 1.29 is 9.90 Å². The van der Waals surface area contributed by atoms with Gasteiger partial charge in [0, 0.05) is 13.0 Å². The van der Waals surface area contributed by atoms with E-state index in [4.69, 9.17) is 5.11 Å². The number of aryl methyl sites for hydroxylation is 1. The van der Waals surface area contributed by atoms with Crippen molar-refractivity contribution in [3.63, 3.8) is 0 Å². The number of hydrogen-bond donors (Lipinski definition) is 1. The Morgan fingerprint density at radius 2 is 2.41 bits per heavy atom. The molecule has 0 saturated carbocycles. The van der Waals surface area contributed by atoms with E-state index in [9.17, 15) is 4.79 Å². The second-order valence-electron chi connectivity index (χ2n) is 4.54. The van der Waals surface area contributed by atoms with Crippen LogP contribution in [0.3, 0.4) is 0 Å². The fraction of sp³-hybridized carbons (Fsp3) is 0.800. The molecule has 1 N–H and O–H groups in total. The molecule has 1 aromatic heterocycles. The molecule has 17 heavy (non-hydrogen) atoms. The fourth-order valence-electron chi connectivity index (χ4n) is 2.30. The molecule has 1 aliphatic rings. The number of likely N-dealkylation sites (tertiary alicyclic amines) is 1. The van der Waals surface area contributed by atoms with E-state index >= 15 is 0 Å². The topological polar surface area (TPSA) is 84.1 Å². The second kappa shape index (κ2) is 5.22. The van der Waals surface area contributed by atoms with Gasteiger partial charge in [0.25, 0.3) is 0 Å². The molecule has 1 saturated heterocycles. The van der Waals surface area contributed by atoms with Gasteiger partial charge in [0.05, 0.1) is 13.6 Å². The highest BCUT2D eigenvalue weighted by Gasteiger charge is 2.22. The van der Waals surface area contributed by atoms with E-state index in [-0.39, 0.29) is 12.3 Å². The minimum absolute atomic E-state index is 0.248. The second-order valence-corrected chi connectivity index (χ2v) is 4.54. The van der Waals surface area contributed by atoms with Crippen molar-refractivity contribution in [2.45, 2.75) is 25.8 Å². The third kappa shape index (κ3) is 3.48. The molecule has 0 spiro atoms. The predicted molar refractivity (Wildman–Crippen MR) is 59.1 cm³/mol. The summed E-state index contributed by atoms with van der Waals surface area (Å²) in [4.78, 5) is 14.3. The number of carboxylic acids is 1. The molecule has 0 aliphatic carbocycles. The van der Waals surface area contributed by atoms with Crippen molar-refractivity contribution in [2.24, 2.45) is 13.0 Å². The highest BCUT2D eigenvalue weighted by atomic mass is 16.4. The zero-order valence-corrected chi connectivity index (χ0v) is 9.91. The van der Waals surface area contributed by atoms with E-state index in [0.29, 0.717) is 12.4 Å². The molecule has 7 nitrogen and oxygen atoms in total. The quantitative estimate of drug-likeness (QED) is 0.789. The monoisotopic (exact) mass is 239 g/mol. The van der Waals surface area contributed by atoms with Crippen LogP contribution in [0.2, 0.25) is 0 Å². The van der Waals surface area contributed by atoms with Gasteiger partial charge in [-0.3, -0.25) is 9.69 Å². The molecule has 1 aromatic rings. The minimum Gasteiger partial charge on any atom is -0.481 e. The van der Waals surface area contributed by atoms with E-state index in [1.54, 1.807) is 7.05 Å². The number of nitrogens with zero attached hydrogens (tertiary/aromatic N) is 5. The van der Waals surface area contributed by atoms with Crippen molar-refractivity contribution >= 4 is 5.97 Å². The maximum absolute atomic E-state index is 10.7. The summed E-state index contributed by atoms with van der Waals surface area (Å²) in [6, 6.07) is 0. The predicted octanol–water partition coefficient (Wildman–Crippen LogP) is -0.103. The van der Waals surface area contributed by atoms with E-state index in [0.717, 1.165) is 25.9 Å². The smallest absolute Gasteiger partial charge is 0.303 e. The molecule has 1 unspecified atom stereocenters. The van der Waals surface area contributed by atoms with Crippen LogP contribution in [0.5, 0.6) is 0 Å². The lowest BCUT2D eigenvalue weighted by Gasteiger charge is -2.30. The number of piperidine rings is 1. The zero-order valence-electron chi connectivity index (χ0n) is 9.91. The highest BCUT2D eigenvalue weighted by Crippen LogP contribution is 2.20. The lowest BCUT2D eigenvalue weighted by Crippen LogP contribution is -2.36. The Morgan fingerprint density at radius 1 is 1.59 bits per heavy atom. The van der Waals surface area contributed by atoms with Gasteiger partial charge in [-0.2, -0.15) is 4.80 Å². The van der Waals surface area contributed by atoms with Crippen LogP contribution >= 0.6 is 0 Å². The van der Waals surface area contributed by atoms with Gasteiger partial charge in [0.2, 0.25) is 0 Å². The van der Waals surface area contributed by atoms with Crippen LogP contribution < -0.4 is 0 Å². The highest BCUT2D eigenvalue weighted by molar-refractivity contribution is 5.67. The number of carboxylic acid groups (broad SMARTS) is 1. The van der Waals surface area contributed by atoms with Gasteiger partial charge in [0.15, 0.2) is 5.82 Å². The molecular formula is C10H17N5O2. The van der Waals surface area contributed by atoms with Crippen LogP contribution in [-0.4, -0.2) is 49.3 Å². The van der Waals surface area contributed by atoms with Gasteiger partial charge in [0.1, 0.15) is 0 Å². The van der Waals surface area contributed by atoms with Crippen LogP contribution in [0.1, 0.15) is 25.1 Å². The molecule has 2 heterocycles. The Kier molecular flexibility index (Phi) is 3.68. The first-order valence-electron chi connectivity index (χ1n) is 5.80. The van der Waals surface area contributed by atoms with Crippen LogP contribution in [-0.2, 0) is 18.4 Å². The summed E-state index contributed by atoms with van der Waals surface area (Å²) in [6.07, 6.45) is 2.29. The van der Waals surface area contributed by atoms with Crippen LogP contribution in [0, 0.1) is 5.92 Å². The number of aliphatic carboxylic acids is 1. The molecule has 1 aliphatic heterocycles. The first-order chi connectivity index (χ1) is 8.13. The largest absolute Gasteiger partial charge is 0.481 e. The maximum atomic E-state index is 10.7. The first-order valence-corrected chi connectivity index (χ1v) is 5.80. The summed E-state index contributed by atoms with van der Waals surface area (Å²) in [5, 5.41) is 20.6. The summed E-state index contributed by atoms with van der Waals surface area (Å²) in [5.41, 5.74) is 0. The molecule has 94 valence electrons. The zero-order chi connectivity index (χ0) is 12.3. The number of tetrazole rings is 1. The summed E-state index contributed by atoms with van der Waals surface area (Å²) < 4.78 is 0. The molecular weight excluding hydrogens is 222 g/mol. The Labute approximate surface area is 99.4 Å². The lowest BCUT2D eigenvalue weighted by molar-refractivity contribution is -0.138. The van der Waals surface area contributed by atoms with Crippen LogP contribution in [0.25, 0.3) is 0 Å². The first kappa shape index (κ1) is 12.0. The molecule has 7 heteroatoms. The molecule has 0 amide bonds. The van der Waals surface area contributed by atoms with Crippen LogP contribution in [0.4, 0.5) is 0 Å². The number of carbonyl (C=O) groups is 1. The fourth-order valence-corrected chi connectivity index (χ4v) is 2.30. The third-order valence-corrected chi connectivity index (χ3v) is 2.98.